The molecule has 100 valence electrons. The van der Waals surface area contributed by atoms with E-state index in [1.165, 1.54) is 19.2 Å². The number of benzene rings is 1. The van der Waals surface area contributed by atoms with Crippen molar-refractivity contribution in [2.45, 2.75) is 12.8 Å². The van der Waals surface area contributed by atoms with Gasteiger partial charge in [-0.05, 0) is 18.6 Å². The van der Waals surface area contributed by atoms with Crippen LogP contribution in [0.3, 0.4) is 0 Å². The Balaban J connectivity index is 2.62. The molecule has 0 atom stereocenters. The van der Waals surface area contributed by atoms with E-state index in [4.69, 9.17) is 4.74 Å². The van der Waals surface area contributed by atoms with E-state index >= 15 is 0 Å². The molecule has 0 aliphatic rings. The molecule has 1 rings (SSSR count). The van der Waals surface area contributed by atoms with Gasteiger partial charge in [0.1, 0.15) is 11.6 Å². The van der Waals surface area contributed by atoms with Gasteiger partial charge in [0.05, 0.1) is 19.9 Å². The molecule has 1 aromatic rings. The smallest absolute Gasteiger partial charge is 0.305 e. The summed E-state index contributed by atoms with van der Waals surface area (Å²) in [6.45, 7) is 0.620. The predicted octanol–water partition coefficient (Wildman–Crippen LogP) is 2.22. The molecule has 0 amide bonds. The summed E-state index contributed by atoms with van der Waals surface area (Å²) in [4.78, 5) is 12.8. The van der Waals surface area contributed by atoms with Crippen LogP contribution < -0.4 is 9.64 Å². The Bertz CT molecular complexity index is 409. The van der Waals surface area contributed by atoms with Gasteiger partial charge in [0.2, 0.25) is 0 Å². The Hall–Kier alpha value is -1.78. The van der Waals surface area contributed by atoms with Crippen LogP contribution in [-0.4, -0.2) is 33.8 Å². The normalized spacial score (nSPS) is 10.0. The average molecular weight is 255 g/mol. The van der Waals surface area contributed by atoms with Crippen LogP contribution in [0.4, 0.5) is 10.1 Å². The number of nitrogens with zero attached hydrogens (tertiary/aromatic N) is 1. The summed E-state index contributed by atoms with van der Waals surface area (Å²) in [6.07, 6.45) is 0.987. The minimum atomic E-state index is -0.314. The number of carbonyl (C=O) groups is 1. The van der Waals surface area contributed by atoms with Crippen molar-refractivity contribution in [3.05, 3.63) is 24.0 Å². The van der Waals surface area contributed by atoms with Crippen LogP contribution in [0, 0.1) is 5.82 Å². The molecule has 0 fully saturated rings. The fourth-order valence-electron chi connectivity index (χ4n) is 1.64. The van der Waals surface area contributed by atoms with Crippen LogP contribution in [0.1, 0.15) is 12.8 Å². The molecule has 1 aromatic carbocycles. The van der Waals surface area contributed by atoms with Crippen molar-refractivity contribution in [3.63, 3.8) is 0 Å². The van der Waals surface area contributed by atoms with Crippen molar-refractivity contribution in [2.75, 3.05) is 32.7 Å². The Labute approximate surface area is 106 Å². The van der Waals surface area contributed by atoms with Gasteiger partial charge in [0.15, 0.2) is 0 Å². The van der Waals surface area contributed by atoms with Crippen molar-refractivity contribution < 1.29 is 18.7 Å². The Morgan fingerprint density at radius 2 is 2.11 bits per heavy atom. The first kappa shape index (κ1) is 14.3. The number of hydrogen-bond donors (Lipinski definition) is 0. The lowest BCUT2D eigenvalue weighted by Crippen LogP contribution is -2.20. The maximum Gasteiger partial charge on any atom is 0.305 e. The molecule has 0 aliphatic heterocycles. The van der Waals surface area contributed by atoms with E-state index in [0.717, 1.165) is 0 Å². The number of anilines is 1. The first-order valence-electron chi connectivity index (χ1n) is 5.70. The summed E-state index contributed by atoms with van der Waals surface area (Å²) in [5.74, 6) is 0.0530. The van der Waals surface area contributed by atoms with Crippen LogP contribution in [0.15, 0.2) is 18.2 Å². The Morgan fingerprint density at radius 1 is 1.39 bits per heavy atom. The lowest BCUT2D eigenvalue weighted by atomic mass is 10.2. The molecule has 0 heterocycles. The van der Waals surface area contributed by atoms with Gasteiger partial charge in [-0.25, -0.2) is 4.39 Å². The van der Waals surface area contributed by atoms with E-state index < -0.39 is 0 Å². The van der Waals surface area contributed by atoms with Crippen LogP contribution in [0.25, 0.3) is 0 Å². The van der Waals surface area contributed by atoms with Gasteiger partial charge in [0.25, 0.3) is 0 Å². The molecule has 5 heteroatoms. The van der Waals surface area contributed by atoms with Crippen molar-refractivity contribution >= 4 is 11.7 Å². The summed E-state index contributed by atoms with van der Waals surface area (Å²) in [7, 11) is 4.73. The van der Waals surface area contributed by atoms with Crippen LogP contribution in [-0.2, 0) is 9.53 Å². The monoisotopic (exact) mass is 255 g/mol. The third-order valence-electron chi connectivity index (χ3n) is 2.65. The number of hydrogen-bond acceptors (Lipinski definition) is 4. The second kappa shape index (κ2) is 6.83. The maximum absolute atomic E-state index is 13.2. The molecule has 0 N–H and O–H groups in total. The Morgan fingerprint density at radius 3 is 2.72 bits per heavy atom. The molecule has 0 saturated carbocycles. The summed E-state index contributed by atoms with van der Waals surface area (Å²) < 4.78 is 22.9. The largest absolute Gasteiger partial charge is 0.495 e. The van der Waals surface area contributed by atoms with Crippen LogP contribution in [0.5, 0.6) is 5.75 Å². The van der Waals surface area contributed by atoms with E-state index in [1.54, 1.807) is 13.2 Å². The minimum absolute atomic E-state index is 0.241. The second-order valence-corrected chi connectivity index (χ2v) is 3.92. The first-order chi connectivity index (χ1) is 8.58. The lowest BCUT2D eigenvalue weighted by Gasteiger charge is -2.21. The number of halogens is 1. The number of carbonyl (C=O) groups excluding carboxylic acids is 1. The molecular formula is C13H18FNO3. The highest BCUT2D eigenvalue weighted by molar-refractivity contribution is 5.69. The van der Waals surface area contributed by atoms with E-state index in [0.29, 0.717) is 30.8 Å². The quantitative estimate of drug-likeness (QED) is 0.731. The van der Waals surface area contributed by atoms with Gasteiger partial charge in [0, 0.05) is 26.1 Å². The number of ether oxygens (including phenoxy) is 2. The molecule has 0 aromatic heterocycles. The molecule has 0 unspecified atom stereocenters. The highest BCUT2D eigenvalue weighted by Gasteiger charge is 2.10. The van der Waals surface area contributed by atoms with Gasteiger partial charge in [-0.15, -0.1) is 0 Å². The third kappa shape index (κ3) is 3.91. The molecule has 0 bridgehead atoms. The van der Waals surface area contributed by atoms with Gasteiger partial charge < -0.3 is 14.4 Å². The van der Waals surface area contributed by atoms with Crippen LogP contribution >= 0.6 is 0 Å². The summed E-state index contributed by atoms with van der Waals surface area (Å²) in [6, 6.07) is 4.35. The average Bonchev–Trinajstić information content (AvgIpc) is 2.38. The Kier molecular flexibility index (Phi) is 5.42. The number of rotatable bonds is 6. The third-order valence-corrected chi connectivity index (χ3v) is 2.65. The molecule has 0 radical (unpaired) electrons. The standard InChI is InChI=1S/C13H18FNO3/c1-15(8-4-5-13(16)18-3)11-9-10(14)6-7-12(11)17-2/h6-7,9H,4-5,8H2,1-3H3. The zero-order valence-corrected chi connectivity index (χ0v) is 10.9. The summed E-state index contributed by atoms with van der Waals surface area (Å²) in [5.41, 5.74) is 0.669. The fraction of sp³-hybridized carbons (Fsp3) is 0.462. The lowest BCUT2D eigenvalue weighted by molar-refractivity contribution is -0.140. The first-order valence-corrected chi connectivity index (χ1v) is 5.70. The van der Waals surface area contributed by atoms with Gasteiger partial charge in [-0.2, -0.15) is 0 Å². The number of esters is 1. The van der Waals surface area contributed by atoms with E-state index in [9.17, 15) is 9.18 Å². The fourth-order valence-corrected chi connectivity index (χ4v) is 1.64. The van der Waals surface area contributed by atoms with Crippen molar-refractivity contribution in [1.82, 2.24) is 0 Å². The molecular weight excluding hydrogens is 237 g/mol. The summed E-state index contributed by atoms with van der Waals surface area (Å²) >= 11 is 0. The second-order valence-electron chi connectivity index (χ2n) is 3.92. The zero-order valence-electron chi connectivity index (χ0n) is 10.9. The molecule has 0 aliphatic carbocycles. The van der Waals surface area contributed by atoms with E-state index in [2.05, 4.69) is 4.74 Å². The SMILES string of the molecule is COC(=O)CCCN(C)c1cc(F)ccc1OC. The molecule has 0 saturated heterocycles. The van der Waals surface area contributed by atoms with Gasteiger partial charge >= 0.3 is 5.97 Å². The van der Waals surface area contributed by atoms with Crippen molar-refractivity contribution in [2.24, 2.45) is 0 Å². The minimum Gasteiger partial charge on any atom is -0.495 e. The highest BCUT2D eigenvalue weighted by atomic mass is 19.1. The highest BCUT2D eigenvalue weighted by Crippen LogP contribution is 2.28. The van der Waals surface area contributed by atoms with Gasteiger partial charge in [-0.1, -0.05) is 0 Å². The maximum atomic E-state index is 13.2. The molecule has 0 spiro atoms. The molecule has 4 nitrogen and oxygen atoms in total. The van der Waals surface area contributed by atoms with Crippen molar-refractivity contribution in [3.8, 4) is 5.75 Å². The molecule has 18 heavy (non-hydrogen) atoms. The predicted molar refractivity (Wildman–Crippen MR) is 67.5 cm³/mol. The van der Waals surface area contributed by atoms with Crippen molar-refractivity contribution in [1.29, 1.82) is 0 Å². The number of methoxy groups -OCH3 is 2. The van der Waals surface area contributed by atoms with E-state index in [-0.39, 0.29) is 11.8 Å². The van der Waals surface area contributed by atoms with Gasteiger partial charge in [-0.3, -0.25) is 4.79 Å². The zero-order chi connectivity index (χ0) is 13.5. The van der Waals surface area contributed by atoms with E-state index in [1.807, 2.05) is 11.9 Å². The summed E-state index contributed by atoms with van der Waals surface area (Å²) in [5, 5.41) is 0. The van der Waals surface area contributed by atoms with Crippen LogP contribution in [0.2, 0.25) is 0 Å². The topological polar surface area (TPSA) is 38.8 Å².